The quantitative estimate of drug-likeness (QED) is 0.617. The Morgan fingerprint density at radius 2 is 2.35 bits per heavy atom. The zero-order valence-corrected chi connectivity index (χ0v) is 10.5. The van der Waals surface area contributed by atoms with Gasteiger partial charge in [-0.3, -0.25) is 0 Å². The molecule has 1 heterocycles. The van der Waals surface area contributed by atoms with Gasteiger partial charge in [0.05, 0.1) is 5.75 Å². The van der Waals surface area contributed by atoms with E-state index in [0.29, 0.717) is 11.5 Å². The fourth-order valence-corrected chi connectivity index (χ4v) is 2.69. The van der Waals surface area contributed by atoms with Crippen LogP contribution >= 0.6 is 11.8 Å². The minimum Gasteiger partial charge on any atom is -0.241 e. The van der Waals surface area contributed by atoms with Crippen molar-refractivity contribution in [2.75, 3.05) is 18.1 Å². The Morgan fingerprint density at radius 1 is 1.59 bits per heavy atom. The maximum Gasteiger partial charge on any atom is 0.261 e. The van der Waals surface area contributed by atoms with Crippen molar-refractivity contribution in [3.05, 3.63) is 24.1 Å². The van der Waals surface area contributed by atoms with Crippen molar-refractivity contribution < 1.29 is 12.8 Å². The van der Waals surface area contributed by atoms with Crippen LogP contribution in [0.15, 0.2) is 23.4 Å². The topological polar surface area (TPSA) is 59.1 Å². The molecule has 0 saturated carbocycles. The first kappa shape index (κ1) is 14.0. The van der Waals surface area contributed by atoms with E-state index in [0.717, 1.165) is 6.07 Å². The van der Waals surface area contributed by atoms with Crippen molar-refractivity contribution in [3.8, 4) is 12.3 Å². The second kappa shape index (κ2) is 6.59. The zero-order chi connectivity index (χ0) is 12.7. The second-order valence-electron chi connectivity index (χ2n) is 2.94. The third-order valence-corrected chi connectivity index (χ3v) is 3.96. The smallest absolute Gasteiger partial charge is 0.241 e. The summed E-state index contributed by atoms with van der Waals surface area (Å²) in [5.74, 6) is 2.59. The van der Waals surface area contributed by atoms with Gasteiger partial charge in [-0.2, -0.15) is 0 Å². The van der Waals surface area contributed by atoms with Gasteiger partial charge >= 0.3 is 0 Å². The predicted molar refractivity (Wildman–Crippen MR) is 65.5 cm³/mol. The van der Waals surface area contributed by atoms with Gasteiger partial charge in [-0.05, 0) is 12.1 Å². The van der Waals surface area contributed by atoms with E-state index in [4.69, 9.17) is 6.42 Å². The number of thioether (sulfide) groups is 1. The molecule has 92 valence electrons. The SMILES string of the molecule is C#CCSCCNS(=O)(=O)c1ncccc1F. The Kier molecular flexibility index (Phi) is 5.41. The lowest BCUT2D eigenvalue weighted by molar-refractivity contribution is 0.546. The normalized spacial score (nSPS) is 11.1. The van der Waals surface area contributed by atoms with Gasteiger partial charge in [0, 0.05) is 18.5 Å². The molecule has 7 heteroatoms. The summed E-state index contributed by atoms with van der Waals surface area (Å²) in [5, 5.41) is -0.582. The highest BCUT2D eigenvalue weighted by Gasteiger charge is 2.19. The van der Waals surface area contributed by atoms with Gasteiger partial charge in [0.2, 0.25) is 5.03 Å². The van der Waals surface area contributed by atoms with Gasteiger partial charge in [0.1, 0.15) is 0 Å². The Labute approximate surface area is 104 Å². The molecule has 0 atom stereocenters. The fourth-order valence-electron chi connectivity index (χ4n) is 1.02. The molecule has 0 radical (unpaired) electrons. The Hall–Kier alpha value is -1.10. The average molecular weight is 274 g/mol. The Bertz CT molecular complexity index is 511. The number of rotatable bonds is 6. The lowest BCUT2D eigenvalue weighted by atomic mass is 10.5. The molecule has 0 aliphatic carbocycles. The van der Waals surface area contributed by atoms with Crippen molar-refractivity contribution in [1.82, 2.24) is 9.71 Å². The minimum absolute atomic E-state index is 0.185. The molecule has 1 rings (SSSR count). The number of halogens is 1. The lowest BCUT2D eigenvalue weighted by Crippen LogP contribution is -2.27. The number of nitrogens with one attached hydrogen (secondary N) is 1. The number of hydrogen-bond acceptors (Lipinski definition) is 4. The van der Waals surface area contributed by atoms with Crippen LogP contribution < -0.4 is 4.72 Å². The van der Waals surface area contributed by atoms with Crippen LogP contribution in [0.2, 0.25) is 0 Å². The van der Waals surface area contributed by atoms with Crippen LogP contribution in [0, 0.1) is 18.2 Å². The van der Waals surface area contributed by atoms with Gasteiger partial charge in [-0.15, -0.1) is 18.2 Å². The molecule has 0 aliphatic heterocycles. The van der Waals surface area contributed by atoms with E-state index < -0.39 is 20.9 Å². The first-order valence-corrected chi connectivity index (χ1v) is 7.33. The summed E-state index contributed by atoms with van der Waals surface area (Å²) in [4.78, 5) is 3.50. The maximum atomic E-state index is 13.2. The van der Waals surface area contributed by atoms with Crippen LogP contribution in [0.1, 0.15) is 0 Å². The molecular formula is C10H11FN2O2S2. The highest BCUT2D eigenvalue weighted by Crippen LogP contribution is 2.09. The van der Waals surface area contributed by atoms with E-state index in [1.165, 1.54) is 24.0 Å². The summed E-state index contributed by atoms with van der Waals surface area (Å²) in [6.45, 7) is 0.185. The summed E-state index contributed by atoms with van der Waals surface area (Å²) < 4.78 is 38.7. The predicted octanol–water partition coefficient (Wildman–Crippen LogP) is 0.865. The van der Waals surface area contributed by atoms with Crippen LogP contribution in [0.4, 0.5) is 4.39 Å². The molecule has 0 saturated heterocycles. The number of nitrogens with zero attached hydrogens (tertiary/aromatic N) is 1. The van der Waals surface area contributed by atoms with E-state index in [2.05, 4.69) is 15.6 Å². The van der Waals surface area contributed by atoms with E-state index >= 15 is 0 Å². The first-order chi connectivity index (χ1) is 8.08. The van der Waals surface area contributed by atoms with Crippen molar-refractivity contribution in [2.45, 2.75) is 5.03 Å². The lowest BCUT2D eigenvalue weighted by Gasteiger charge is -2.05. The van der Waals surface area contributed by atoms with Crippen LogP contribution in [0.5, 0.6) is 0 Å². The number of terminal acetylenes is 1. The highest BCUT2D eigenvalue weighted by atomic mass is 32.2. The Morgan fingerprint density at radius 3 is 3.00 bits per heavy atom. The van der Waals surface area contributed by atoms with Crippen LogP contribution in [-0.4, -0.2) is 31.5 Å². The fraction of sp³-hybridized carbons (Fsp3) is 0.300. The zero-order valence-electron chi connectivity index (χ0n) is 8.89. The van der Waals surface area contributed by atoms with Gasteiger partial charge in [0.15, 0.2) is 5.82 Å². The van der Waals surface area contributed by atoms with Gasteiger partial charge in [0.25, 0.3) is 10.0 Å². The number of pyridine rings is 1. The van der Waals surface area contributed by atoms with E-state index in [-0.39, 0.29) is 6.54 Å². The highest BCUT2D eigenvalue weighted by molar-refractivity contribution is 7.99. The molecule has 0 amide bonds. The first-order valence-electron chi connectivity index (χ1n) is 4.69. The van der Waals surface area contributed by atoms with Crippen molar-refractivity contribution in [1.29, 1.82) is 0 Å². The summed E-state index contributed by atoms with van der Waals surface area (Å²) >= 11 is 1.42. The van der Waals surface area contributed by atoms with Gasteiger partial charge in [-0.25, -0.2) is 22.5 Å². The third kappa shape index (κ3) is 4.34. The standard InChI is InChI=1S/C10H11FN2O2S2/c1-2-7-16-8-6-13-17(14,15)10-9(11)4-3-5-12-10/h1,3-5,13H,6-8H2. The van der Waals surface area contributed by atoms with Crippen LogP contribution in [0.3, 0.4) is 0 Å². The molecule has 4 nitrogen and oxygen atoms in total. The largest absolute Gasteiger partial charge is 0.261 e. The van der Waals surface area contributed by atoms with Crippen molar-refractivity contribution in [3.63, 3.8) is 0 Å². The van der Waals surface area contributed by atoms with E-state index in [1.807, 2.05) is 0 Å². The van der Waals surface area contributed by atoms with Crippen LogP contribution in [-0.2, 0) is 10.0 Å². The molecule has 0 spiro atoms. The Balaban J connectivity index is 2.59. The molecule has 17 heavy (non-hydrogen) atoms. The molecule has 0 fully saturated rings. The van der Waals surface area contributed by atoms with Crippen LogP contribution in [0.25, 0.3) is 0 Å². The van der Waals surface area contributed by atoms with Gasteiger partial charge < -0.3 is 0 Å². The number of aromatic nitrogens is 1. The molecule has 0 bridgehead atoms. The molecule has 0 aromatic carbocycles. The number of sulfonamides is 1. The van der Waals surface area contributed by atoms with Gasteiger partial charge in [-0.1, -0.05) is 5.92 Å². The summed E-state index contributed by atoms with van der Waals surface area (Å²) in [5.41, 5.74) is 0. The third-order valence-electron chi connectivity index (χ3n) is 1.70. The monoisotopic (exact) mass is 274 g/mol. The molecule has 1 N–H and O–H groups in total. The molecule has 0 unspecified atom stereocenters. The summed E-state index contributed by atoms with van der Waals surface area (Å²) in [7, 11) is -3.88. The number of hydrogen-bond donors (Lipinski definition) is 1. The average Bonchev–Trinajstić information content (AvgIpc) is 2.29. The maximum absolute atomic E-state index is 13.2. The molecule has 0 aliphatic rings. The van der Waals surface area contributed by atoms with Crippen molar-refractivity contribution in [2.24, 2.45) is 0 Å². The van der Waals surface area contributed by atoms with E-state index in [9.17, 15) is 12.8 Å². The molecule has 1 aromatic rings. The minimum atomic E-state index is -3.88. The summed E-state index contributed by atoms with van der Waals surface area (Å²) in [6.07, 6.45) is 6.27. The molecular weight excluding hydrogens is 263 g/mol. The van der Waals surface area contributed by atoms with E-state index in [1.54, 1.807) is 0 Å². The summed E-state index contributed by atoms with van der Waals surface area (Å²) in [6, 6.07) is 2.38. The second-order valence-corrected chi connectivity index (χ2v) is 5.73. The molecule has 1 aromatic heterocycles. The van der Waals surface area contributed by atoms with Crippen molar-refractivity contribution >= 4 is 21.8 Å².